The molecule has 244 valence electrons. The van der Waals surface area contributed by atoms with Gasteiger partial charge in [0.15, 0.2) is 0 Å². The average Bonchev–Trinajstić information content (AvgIpc) is 3.59. The lowest BCUT2D eigenvalue weighted by Crippen LogP contribution is -2.10. The van der Waals surface area contributed by atoms with Crippen molar-refractivity contribution in [3.8, 4) is 33.4 Å². The Kier molecular flexibility index (Phi) is 7.18. The second-order valence-corrected chi connectivity index (χ2v) is 13.4. The third-order valence-corrected chi connectivity index (χ3v) is 10.2. The lowest BCUT2D eigenvalue weighted by molar-refractivity contribution is 0.669. The van der Waals surface area contributed by atoms with Crippen LogP contribution in [0.4, 0.5) is 17.1 Å². The van der Waals surface area contributed by atoms with Gasteiger partial charge < -0.3 is 9.32 Å². The van der Waals surface area contributed by atoms with Gasteiger partial charge in [0, 0.05) is 33.9 Å². The average molecular weight is 664 g/mol. The predicted molar refractivity (Wildman–Crippen MR) is 220 cm³/mol. The Morgan fingerprint density at radius 1 is 0.269 bits per heavy atom. The first kappa shape index (κ1) is 30.0. The first-order valence-corrected chi connectivity index (χ1v) is 17.7. The summed E-state index contributed by atoms with van der Waals surface area (Å²) in [5.74, 6) is 0. The zero-order valence-electron chi connectivity index (χ0n) is 28.4. The molecule has 2 heteroatoms. The second kappa shape index (κ2) is 12.5. The van der Waals surface area contributed by atoms with Crippen LogP contribution in [-0.4, -0.2) is 0 Å². The SMILES string of the molecule is c1ccc(-c2ccc(N(c3cccc(-c4ccc5cc(-c6ccc7ccccc7c6)ccc5c4)c3)c3ccc4c(c3)oc3ccccc34)cc2)cc1. The van der Waals surface area contributed by atoms with Crippen molar-refractivity contribution >= 4 is 60.5 Å². The largest absolute Gasteiger partial charge is 0.456 e. The minimum atomic E-state index is 0.873. The molecule has 0 atom stereocenters. The van der Waals surface area contributed by atoms with E-state index in [2.05, 4.69) is 193 Å². The van der Waals surface area contributed by atoms with E-state index < -0.39 is 0 Å². The molecule has 0 aliphatic rings. The Balaban J connectivity index is 1.04. The monoisotopic (exact) mass is 663 g/mol. The van der Waals surface area contributed by atoms with Gasteiger partial charge in [0.25, 0.3) is 0 Å². The topological polar surface area (TPSA) is 16.4 Å². The Labute approximate surface area is 302 Å². The summed E-state index contributed by atoms with van der Waals surface area (Å²) in [7, 11) is 0. The summed E-state index contributed by atoms with van der Waals surface area (Å²) in [6.07, 6.45) is 0. The number of nitrogens with zero attached hydrogens (tertiary/aromatic N) is 1. The van der Waals surface area contributed by atoms with E-state index in [-0.39, 0.29) is 0 Å². The van der Waals surface area contributed by atoms with E-state index in [0.717, 1.165) is 44.6 Å². The minimum absolute atomic E-state index is 0.873. The normalized spacial score (nSPS) is 11.5. The second-order valence-electron chi connectivity index (χ2n) is 13.4. The highest BCUT2D eigenvalue weighted by Gasteiger charge is 2.17. The molecular weight excluding hydrogens is 631 g/mol. The van der Waals surface area contributed by atoms with E-state index in [1.54, 1.807) is 0 Å². The van der Waals surface area contributed by atoms with E-state index in [1.165, 1.54) is 49.4 Å². The smallest absolute Gasteiger partial charge is 0.137 e. The summed E-state index contributed by atoms with van der Waals surface area (Å²) in [5.41, 5.74) is 12.1. The molecule has 0 N–H and O–H groups in total. The number of hydrogen-bond acceptors (Lipinski definition) is 2. The van der Waals surface area contributed by atoms with Crippen LogP contribution in [0.25, 0.3) is 76.9 Å². The Morgan fingerprint density at radius 3 is 1.52 bits per heavy atom. The first-order chi connectivity index (χ1) is 25.7. The third kappa shape index (κ3) is 5.39. The van der Waals surface area contributed by atoms with Gasteiger partial charge in [-0.05, 0) is 116 Å². The highest BCUT2D eigenvalue weighted by Crippen LogP contribution is 2.40. The molecular formula is C50H33NO. The number of rotatable bonds is 6. The lowest BCUT2D eigenvalue weighted by atomic mass is 9.96. The summed E-state index contributed by atoms with van der Waals surface area (Å²) < 4.78 is 6.35. The van der Waals surface area contributed by atoms with Gasteiger partial charge in [-0.2, -0.15) is 0 Å². The fourth-order valence-corrected chi connectivity index (χ4v) is 7.53. The lowest BCUT2D eigenvalue weighted by Gasteiger charge is -2.26. The number of para-hydroxylation sites is 1. The van der Waals surface area contributed by atoms with Crippen molar-refractivity contribution in [3.05, 3.63) is 200 Å². The van der Waals surface area contributed by atoms with Crippen molar-refractivity contribution in [1.82, 2.24) is 0 Å². The molecule has 0 saturated carbocycles. The summed E-state index contributed by atoms with van der Waals surface area (Å²) >= 11 is 0. The van der Waals surface area contributed by atoms with Gasteiger partial charge in [-0.1, -0.05) is 133 Å². The van der Waals surface area contributed by atoms with Gasteiger partial charge in [0.1, 0.15) is 11.2 Å². The maximum absolute atomic E-state index is 6.35. The van der Waals surface area contributed by atoms with Gasteiger partial charge in [-0.25, -0.2) is 0 Å². The number of furan rings is 1. The molecule has 0 spiro atoms. The molecule has 0 aliphatic heterocycles. The van der Waals surface area contributed by atoms with Crippen molar-refractivity contribution in [2.45, 2.75) is 0 Å². The van der Waals surface area contributed by atoms with Gasteiger partial charge in [-0.3, -0.25) is 0 Å². The fraction of sp³-hybridized carbons (Fsp3) is 0. The van der Waals surface area contributed by atoms with E-state index in [9.17, 15) is 0 Å². The van der Waals surface area contributed by atoms with Crippen LogP contribution in [0, 0.1) is 0 Å². The zero-order valence-corrected chi connectivity index (χ0v) is 28.4. The molecule has 52 heavy (non-hydrogen) atoms. The Hall–Kier alpha value is -6.90. The first-order valence-electron chi connectivity index (χ1n) is 17.7. The molecule has 0 bridgehead atoms. The summed E-state index contributed by atoms with van der Waals surface area (Å²) in [5, 5.41) is 7.21. The van der Waals surface area contributed by atoms with E-state index >= 15 is 0 Å². The molecule has 2 nitrogen and oxygen atoms in total. The Bertz CT molecular complexity index is 2900. The molecule has 10 aromatic rings. The van der Waals surface area contributed by atoms with Crippen LogP contribution in [0.3, 0.4) is 0 Å². The molecule has 0 amide bonds. The van der Waals surface area contributed by atoms with E-state index in [1.807, 2.05) is 12.1 Å². The molecule has 1 heterocycles. The Morgan fingerprint density at radius 2 is 0.769 bits per heavy atom. The van der Waals surface area contributed by atoms with Gasteiger partial charge in [0.05, 0.1) is 0 Å². The van der Waals surface area contributed by atoms with Crippen LogP contribution in [0.2, 0.25) is 0 Å². The quantitative estimate of drug-likeness (QED) is 0.176. The standard InChI is InChI=1S/C50H33NO/c1-2-9-34(10-3-1)36-23-25-44(26-24-36)51(46-27-28-48-47-15-6-7-16-49(47)52-50(48)33-46)45-14-8-13-38(32-45)39-19-20-43-31-42(22-21-41(43)30-39)40-18-17-35-11-4-5-12-37(35)29-40/h1-33H. The van der Waals surface area contributed by atoms with Crippen LogP contribution < -0.4 is 4.90 Å². The molecule has 0 aliphatic carbocycles. The van der Waals surface area contributed by atoms with Crippen molar-refractivity contribution in [3.63, 3.8) is 0 Å². The number of fused-ring (bicyclic) bond motifs is 5. The number of hydrogen-bond donors (Lipinski definition) is 0. The van der Waals surface area contributed by atoms with Crippen LogP contribution in [-0.2, 0) is 0 Å². The van der Waals surface area contributed by atoms with Gasteiger partial charge >= 0.3 is 0 Å². The van der Waals surface area contributed by atoms with Crippen LogP contribution >= 0.6 is 0 Å². The molecule has 9 aromatic carbocycles. The van der Waals surface area contributed by atoms with Gasteiger partial charge in [0.2, 0.25) is 0 Å². The summed E-state index contributed by atoms with van der Waals surface area (Å²) in [4.78, 5) is 2.32. The highest BCUT2D eigenvalue weighted by atomic mass is 16.3. The van der Waals surface area contributed by atoms with E-state index in [4.69, 9.17) is 4.42 Å². The van der Waals surface area contributed by atoms with Crippen molar-refractivity contribution in [2.75, 3.05) is 4.90 Å². The van der Waals surface area contributed by atoms with Crippen molar-refractivity contribution in [2.24, 2.45) is 0 Å². The zero-order chi connectivity index (χ0) is 34.4. The molecule has 0 radical (unpaired) electrons. The number of anilines is 3. The van der Waals surface area contributed by atoms with E-state index in [0.29, 0.717) is 0 Å². The van der Waals surface area contributed by atoms with Crippen LogP contribution in [0.1, 0.15) is 0 Å². The van der Waals surface area contributed by atoms with Crippen molar-refractivity contribution in [1.29, 1.82) is 0 Å². The third-order valence-electron chi connectivity index (χ3n) is 10.2. The number of benzene rings is 9. The molecule has 0 saturated heterocycles. The highest BCUT2D eigenvalue weighted by molar-refractivity contribution is 6.06. The fourth-order valence-electron chi connectivity index (χ4n) is 7.53. The molecule has 10 rings (SSSR count). The maximum atomic E-state index is 6.35. The summed E-state index contributed by atoms with van der Waals surface area (Å²) in [6.45, 7) is 0. The van der Waals surface area contributed by atoms with Crippen molar-refractivity contribution < 1.29 is 4.42 Å². The molecule has 1 aromatic heterocycles. The maximum Gasteiger partial charge on any atom is 0.137 e. The molecule has 0 unspecified atom stereocenters. The summed E-state index contributed by atoms with van der Waals surface area (Å²) in [6, 6.07) is 71.8. The van der Waals surface area contributed by atoms with Gasteiger partial charge in [-0.15, -0.1) is 0 Å². The molecule has 0 fully saturated rings. The van der Waals surface area contributed by atoms with Crippen LogP contribution in [0.15, 0.2) is 205 Å². The minimum Gasteiger partial charge on any atom is -0.456 e. The van der Waals surface area contributed by atoms with Crippen LogP contribution in [0.5, 0.6) is 0 Å². The predicted octanol–water partition coefficient (Wildman–Crippen LogP) is 14.4.